The summed E-state index contributed by atoms with van der Waals surface area (Å²) >= 11 is 0. The fourth-order valence-corrected chi connectivity index (χ4v) is 3.37. The van der Waals surface area contributed by atoms with Gasteiger partial charge in [-0.3, -0.25) is 0 Å². The first-order chi connectivity index (χ1) is 7.31. The van der Waals surface area contributed by atoms with Crippen LogP contribution in [0.5, 0.6) is 0 Å². The van der Waals surface area contributed by atoms with Crippen molar-refractivity contribution in [3.8, 4) is 0 Å². The fraction of sp³-hybridized carbons (Fsp3) is 1.00. The second-order valence-corrected chi connectivity index (χ2v) is 5.79. The Kier molecular flexibility index (Phi) is 4.07. The summed E-state index contributed by atoms with van der Waals surface area (Å²) in [4.78, 5) is 0. The molecule has 1 heteroatoms. The van der Waals surface area contributed by atoms with Crippen molar-refractivity contribution in [3.05, 3.63) is 0 Å². The second-order valence-electron chi connectivity index (χ2n) is 5.79. The molecule has 3 atom stereocenters. The SMILES string of the molecule is CCC1CCCCC1CCC(N)C1CC1. The van der Waals surface area contributed by atoms with Crippen LogP contribution in [0.25, 0.3) is 0 Å². The first kappa shape index (κ1) is 11.4. The molecule has 0 aromatic rings. The van der Waals surface area contributed by atoms with E-state index < -0.39 is 0 Å². The predicted molar refractivity (Wildman–Crippen MR) is 65.7 cm³/mol. The summed E-state index contributed by atoms with van der Waals surface area (Å²) in [6.45, 7) is 2.36. The van der Waals surface area contributed by atoms with Crippen molar-refractivity contribution in [1.29, 1.82) is 0 Å². The van der Waals surface area contributed by atoms with Crippen LogP contribution < -0.4 is 5.73 Å². The first-order valence-electron chi connectivity index (χ1n) is 7.06. The van der Waals surface area contributed by atoms with Gasteiger partial charge in [0.05, 0.1) is 0 Å². The Morgan fingerprint density at radius 1 is 1.07 bits per heavy atom. The molecule has 2 aliphatic carbocycles. The van der Waals surface area contributed by atoms with Gasteiger partial charge in [-0.2, -0.15) is 0 Å². The Bertz CT molecular complexity index is 186. The van der Waals surface area contributed by atoms with E-state index in [0.717, 1.165) is 17.8 Å². The van der Waals surface area contributed by atoms with E-state index in [2.05, 4.69) is 6.92 Å². The first-order valence-corrected chi connectivity index (χ1v) is 7.06. The third-order valence-corrected chi connectivity index (χ3v) is 4.69. The van der Waals surface area contributed by atoms with Crippen LogP contribution in [0, 0.1) is 17.8 Å². The van der Waals surface area contributed by atoms with Crippen LogP contribution in [0.3, 0.4) is 0 Å². The number of hydrogen-bond donors (Lipinski definition) is 1. The summed E-state index contributed by atoms with van der Waals surface area (Å²) in [5.41, 5.74) is 6.18. The quantitative estimate of drug-likeness (QED) is 0.733. The van der Waals surface area contributed by atoms with E-state index >= 15 is 0 Å². The van der Waals surface area contributed by atoms with Gasteiger partial charge in [0.1, 0.15) is 0 Å². The molecule has 2 saturated carbocycles. The van der Waals surface area contributed by atoms with Gasteiger partial charge in [-0.05, 0) is 43.4 Å². The molecule has 2 rings (SSSR count). The Morgan fingerprint density at radius 2 is 1.73 bits per heavy atom. The van der Waals surface area contributed by atoms with Crippen molar-refractivity contribution in [2.75, 3.05) is 0 Å². The Morgan fingerprint density at radius 3 is 2.33 bits per heavy atom. The average Bonchev–Trinajstić information content (AvgIpc) is 3.10. The maximum absolute atomic E-state index is 6.18. The monoisotopic (exact) mass is 209 g/mol. The summed E-state index contributed by atoms with van der Waals surface area (Å²) in [6, 6.07) is 0.532. The summed E-state index contributed by atoms with van der Waals surface area (Å²) < 4.78 is 0. The van der Waals surface area contributed by atoms with Gasteiger partial charge in [0.2, 0.25) is 0 Å². The summed E-state index contributed by atoms with van der Waals surface area (Å²) in [7, 11) is 0. The molecule has 2 N–H and O–H groups in total. The molecule has 2 fully saturated rings. The van der Waals surface area contributed by atoms with E-state index in [1.165, 1.54) is 57.8 Å². The highest BCUT2D eigenvalue weighted by Crippen LogP contribution is 2.38. The van der Waals surface area contributed by atoms with Gasteiger partial charge in [0, 0.05) is 6.04 Å². The van der Waals surface area contributed by atoms with Gasteiger partial charge in [0.15, 0.2) is 0 Å². The van der Waals surface area contributed by atoms with Gasteiger partial charge in [-0.25, -0.2) is 0 Å². The van der Waals surface area contributed by atoms with Crippen LogP contribution in [0.15, 0.2) is 0 Å². The van der Waals surface area contributed by atoms with E-state index in [1.807, 2.05) is 0 Å². The summed E-state index contributed by atoms with van der Waals surface area (Å²) in [6.07, 6.45) is 12.8. The number of rotatable bonds is 5. The molecule has 88 valence electrons. The highest BCUT2D eigenvalue weighted by atomic mass is 14.7. The molecule has 1 nitrogen and oxygen atoms in total. The van der Waals surface area contributed by atoms with Crippen molar-refractivity contribution in [2.24, 2.45) is 23.5 Å². The molecule has 0 bridgehead atoms. The third-order valence-electron chi connectivity index (χ3n) is 4.69. The van der Waals surface area contributed by atoms with Gasteiger partial charge in [-0.15, -0.1) is 0 Å². The van der Waals surface area contributed by atoms with Crippen molar-refractivity contribution < 1.29 is 0 Å². The molecule has 0 amide bonds. The van der Waals surface area contributed by atoms with Gasteiger partial charge >= 0.3 is 0 Å². The van der Waals surface area contributed by atoms with Crippen LogP contribution in [0.4, 0.5) is 0 Å². The molecule has 0 heterocycles. The zero-order chi connectivity index (χ0) is 10.7. The molecular formula is C14H27N. The minimum Gasteiger partial charge on any atom is -0.327 e. The lowest BCUT2D eigenvalue weighted by molar-refractivity contribution is 0.209. The van der Waals surface area contributed by atoms with Gasteiger partial charge in [0.25, 0.3) is 0 Å². The van der Waals surface area contributed by atoms with E-state index in [0.29, 0.717) is 6.04 Å². The van der Waals surface area contributed by atoms with Crippen LogP contribution in [0.1, 0.15) is 64.7 Å². The maximum Gasteiger partial charge on any atom is 0.00672 e. The molecule has 0 spiro atoms. The van der Waals surface area contributed by atoms with E-state index in [1.54, 1.807) is 0 Å². The largest absolute Gasteiger partial charge is 0.327 e. The average molecular weight is 209 g/mol. The van der Waals surface area contributed by atoms with Gasteiger partial charge < -0.3 is 5.73 Å². The van der Waals surface area contributed by atoms with E-state index in [4.69, 9.17) is 5.73 Å². The molecule has 0 radical (unpaired) electrons. The highest BCUT2D eigenvalue weighted by molar-refractivity contribution is 4.85. The van der Waals surface area contributed by atoms with Crippen molar-refractivity contribution in [3.63, 3.8) is 0 Å². The van der Waals surface area contributed by atoms with Crippen LogP contribution in [-0.2, 0) is 0 Å². The normalized spacial score (nSPS) is 34.0. The van der Waals surface area contributed by atoms with Crippen molar-refractivity contribution in [2.45, 2.75) is 70.8 Å². The lowest BCUT2D eigenvalue weighted by Crippen LogP contribution is -2.26. The standard InChI is InChI=1S/C14H27N/c1-2-11-5-3-4-6-12(11)9-10-14(15)13-7-8-13/h11-14H,2-10,15H2,1H3. The zero-order valence-corrected chi connectivity index (χ0v) is 10.3. The highest BCUT2D eigenvalue weighted by Gasteiger charge is 2.30. The molecule has 0 aromatic carbocycles. The van der Waals surface area contributed by atoms with Crippen LogP contribution >= 0.6 is 0 Å². The van der Waals surface area contributed by atoms with Crippen molar-refractivity contribution >= 4 is 0 Å². The van der Waals surface area contributed by atoms with E-state index in [9.17, 15) is 0 Å². The molecular weight excluding hydrogens is 182 g/mol. The second kappa shape index (κ2) is 5.34. The minimum atomic E-state index is 0.532. The van der Waals surface area contributed by atoms with Gasteiger partial charge in [-0.1, -0.05) is 39.0 Å². The molecule has 0 aromatic heterocycles. The smallest absolute Gasteiger partial charge is 0.00672 e. The molecule has 0 aliphatic heterocycles. The topological polar surface area (TPSA) is 26.0 Å². The molecule has 15 heavy (non-hydrogen) atoms. The predicted octanol–water partition coefficient (Wildman–Crippen LogP) is 3.72. The zero-order valence-electron chi connectivity index (χ0n) is 10.3. The summed E-state index contributed by atoms with van der Waals surface area (Å²) in [5, 5.41) is 0. The Balaban J connectivity index is 1.71. The molecule has 2 aliphatic rings. The fourth-order valence-electron chi connectivity index (χ4n) is 3.37. The summed E-state index contributed by atoms with van der Waals surface area (Å²) in [5.74, 6) is 2.92. The van der Waals surface area contributed by atoms with Crippen LogP contribution in [0.2, 0.25) is 0 Å². The van der Waals surface area contributed by atoms with Crippen LogP contribution in [-0.4, -0.2) is 6.04 Å². The minimum absolute atomic E-state index is 0.532. The lowest BCUT2D eigenvalue weighted by atomic mass is 9.75. The number of nitrogens with two attached hydrogens (primary N) is 1. The molecule has 0 saturated heterocycles. The number of hydrogen-bond acceptors (Lipinski definition) is 1. The lowest BCUT2D eigenvalue weighted by Gasteiger charge is -2.31. The van der Waals surface area contributed by atoms with Crippen molar-refractivity contribution in [1.82, 2.24) is 0 Å². The third kappa shape index (κ3) is 3.21. The Labute approximate surface area is 94.8 Å². The maximum atomic E-state index is 6.18. The van der Waals surface area contributed by atoms with E-state index in [-0.39, 0.29) is 0 Å². The Hall–Kier alpha value is -0.0400. The molecule has 3 unspecified atom stereocenters.